The number of likely N-dealkylation sites (N-methyl/N-ethyl adjacent to an activating group) is 1. The maximum Gasteiger partial charge on any atom is 0.223 e. The third-order valence-corrected chi connectivity index (χ3v) is 3.99. The van der Waals surface area contributed by atoms with Gasteiger partial charge in [0.2, 0.25) is 12.5 Å². The molecule has 0 saturated carbocycles. The normalized spacial score (nSPS) is 22.8. The molecule has 1 aromatic carbocycles. The van der Waals surface area contributed by atoms with Crippen LogP contribution in [-0.4, -0.2) is 58.8 Å². The Morgan fingerprint density at radius 1 is 1.26 bits per heavy atom. The molecule has 124 valence electrons. The number of quaternary nitrogens is 1. The smallest absolute Gasteiger partial charge is 0.223 e. The summed E-state index contributed by atoms with van der Waals surface area (Å²) >= 11 is 0. The molecule has 0 bridgehead atoms. The van der Waals surface area contributed by atoms with E-state index < -0.39 is 0 Å². The highest BCUT2D eigenvalue weighted by molar-refractivity contribution is 5.56. The second-order valence-corrected chi connectivity index (χ2v) is 6.50. The summed E-state index contributed by atoms with van der Waals surface area (Å²) in [5, 5.41) is 0. The van der Waals surface area contributed by atoms with Gasteiger partial charge >= 0.3 is 0 Å². The van der Waals surface area contributed by atoms with E-state index in [-0.39, 0.29) is 12.5 Å². The second-order valence-electron chi connectivity index (χ2n) is 6.50. The number of methoxy groups -OCH3 is 1. The lowest BCUT2D eigenvalue weighted by Gasteiger charge is -2.26. The fraction of sp³-hybridized carbons (Fsp3) is 0.421. The van der Waals surface area contributed by atoms with Crippen molar-refractivity contribution < 1.29 is 14.0 Å². The number of anilines is 1. The molecule has 1 aromatic rings. The molecule has 2 rings (SSSR count). The lowest BCUT2D eigenvalue weighted by Crippen LogP contribution is -2.43. The number of nitrogens with zero attached hydrogens (tertiary/aromatic N) is 2. The van der Waals surface area contributed by atoms with Crippen molar-refractivity contribution in [3.63, 3.8) is 0 Å². The lowest BCUT2D eigenvalue weighted by atomic mass is 10.2. The van der Waals surface area contributed by atoms with Crippen molar-refractivity contribution in [2.24, 2.45) is 0 Å². The average Bonchev–Trinajstić information content (AvgIpc) is 2.81. The minimum absolute atomic E-state index is 0.0241. The fourth-order valence-electron chi connectivity index (χ4n) is 2.46. The van der Waals surface area contributed by atoms with Gasteiger partial charge in [-0.3, -0.25) is 9.22 Å². The topological polar surface area (TPSA) is 21.7 Å². The number of ether oxygens (including phenoxy) is 2. The molecule has 0 amide bonds. The number of hydrogen-bond donors (Lipinski definition) is 0. The Morgan fingerprint density at radius 2 is 1.96 bits per heavy atom. The molecule has 0 spiro atoms. The quantitative estimate of drug-likeness (QED) is 0.474. The first-order valence-corrected chi connectivity index (χ1v) is 7.80. The summed E-state index contributed by atoms with van der Waals surface area (Å²) in [6.07, 6.45) is 7.75. The van der Waals surface area contributed by atoms with Crippen LogP contribution in [-0.2, 0) is 9.47 Å². The van der Waals surface area contributed by atoms with E-state index in [4.69, 9.17) is 9.47 Å². The van der Waals surface area contributed by atoms with Gasteiger partial charge in [-0.2, -0.15) is 0 Å². The molecule has 2 atom stereocenters. The summed E-state index contributed by atoms with van der Waals surface area (Å²) in [5.41, 5.74) is 5.55. The van der Waals surface area contributed by atoms with Crippen molar-refractivity contribution in [3.8, 4) is 0 Å². The number of benzene rings is 1. The second kappa shape index (κ2) is 7.62. The van der Waals surface area contributed by atoms with Crippen LogP contribution in [0.4, 0.5) is 5.69 Å². The Hall–Kier alpha value is -1.84. The molecule has 1 aliphatic heterocycles. The zero-order valence-corrected chi connectivity index (χ0v) is 14.7. The lowest BCUT2D eigenvalue weighted by molar-refractivity contribution is -0.907. The van der Waals surface area contributed by atoms with Crippen LogP contribution in [0, 0.1) is 0 Å². The monoisotopic (exact) mass is 315 g/mol. The van der Waals surface area contributed by atoms with Gasteiger partial charge in [0.15, 0.2) is 0 Å². The Labute approximate surface area is 139 Å². The number of allylic oxidation sites excluding steroid dienone is 1. The predicted octanol–water partition coefficient (Wildman–Crippen LogP) is 2.88. The van der Waals surface area contributed by atoms with E-state index >= 15 is 0 Å². The maximum atomic E-state index is 5.81. The molecule has 4 heteroatoms. The molecule has 0 aliphatic carbocycles. The van der Waals surface area contributed by atoms with Crippen molar-refractivity contribution in [3.05, 3.63) is 53.8 Å². The largest absolute Gasteiger partial charge is 0.378 e. The zero-order valence-electron chi connectivity index (χ0n) is 14.7. The standard InChI is InChI=1S/C19H27N2O2/c1-20(2)17-13-11-16(12-14-17)9-7-6-8-10-18-21(3,4)15-19(22-5)23-18/h6-7,9-14,18-19H,15H2,1-5H3/q+1/t8?,18-,19?/m1/s1. The first-order valence-electron chi connectivity index (χ1n) is 7.80. The first kappa shape index (κ1) is 17.5. The number of hydrogen-bond acceptors (Lipinski definition) is 3. The van der Waals surface area contributed by atoms with E-state index in [0.29, 0.717) is 0 Å². The minimum atomic E-state index is -0.140. The number of rotatable bonds is 5. The van der Waals surface area contributed by atoms with Crippen LogP contribution in [0.1, 0.15) is 5.56 Å². The third-order valence-electron chi connectivity index (χ3n) is 3.99. The SMILES string of the molecule is COC1C[N+](C)(C)[C@@H](C=C=CC=Cc2ccc(N(C)C)cc2)O1. The molecule has 1 fully saturated rings. The van der Waals surface area contributed by atoms with E-state index in [1.807, 2.05) is 32.3 Å². The third kappa shape index (κ3) is 4.81. The summed E-state index contributed by atoms with van der Waals surface area (Å²) in [5.74, 6) is 0. The van der Waals surface area contributed by atoms with Crippen LogP contribution in [0.2, 0.25) is 0 Å². The Kier molecular flexibility index (Phi) is 5.80. The van der Waals surface area contributed by atoms with Crippen LogP contribution in [0.25, 0.3) is 6.08 Å². The molecular weight excluding hydrogens is 288 g/mol. The fourth-order valence-corrected chi connectivity index (χ4v) is 2.46. The van der Waals surface area contributed by atoms with Gasteiger partial charge in [0.25, 0.3) is 0 Å². The summed E-state index contributed by atoms with van der Waals surface area (Å²) in [6.45, 7) is 0.841. The Balaban J connectivity index is 1.95. The van der Waals surface area contributed by atoms with Crippen LogP contribution >= 0.6 is 0 Å². The van der Waals surface area contributed by atoms with E-state index in [9.17, 15) is 0 Å². The van der Waals surface area contributed by atoms with Crippen LogP contribution in [0.15, 0.2) is 48.2 Å². The molecule has 0 aromatic heterocycles. The van der Waals surface area contributed by atoms with E-state index in [0.717, 1.165) is 11.0 Å². The van der Waals surface area contributed by atoms with Gasteiger partial charge < -0.3 is 9.64 Å². The van der Waals surface area contributed by atoms with E-state index in [1.165, 1.54) is 11.3 Å². The molecule has 1 unspecified atom stereocenters. The van der Waals surface area contributed by atoms with Crippen molar-refractivity contribution >= 4 is 11.8 Å². The molecule has 1 aliphatic rings. The average molecular weight is 315 g/mol. The minimum Gasteiger partial charge on any atom is -0.378 e. The molecule has 1 heterocycles. The van der Waals surface area contributed by atoms with Gasteiger partial charge in [0.05, 0.1) is 14.1 Å². The zero-order chi connectivity index (χ0) is 16.9. The van der Waals surface area contributed by atoms with Gasteiger partial charge in [0.1, 0.15) is 6.54 Å². The maximum absolute atomic E-state index is 5.81. The van der Waals surface area contributed by atoms with Crippen molar-refractivity contribution in [1.29, 1.82) is 0 Å². The van der Waals surface area contributed by atoms with Gasteiger partial charge in [-0.05, 0) is 23.8 Å². The highest BCUT2D eigenvalue weighted by Crippen LogP contribution is 2.22. The van der Waals surface area contributed by atoms with E-state index in [2.05, 4.69) is 55.1 Å². The van der Waals surface area contributed by atoms with Crippen molar-refractivity contribution in [2.45, 2.75) is 12.5 Å². The molecule has 4 nitrogen and oxygen atoms in total. The Morgan fingerprint density at radius 3 is 2.52 bits per heavy atom. The summed E-state index contributed by atoms with van der Waals surface area (Å²) in [6, 6.07) is 8.42. The highest BCUT2D eigenvalue weighted by Gasteiger charge is 2.40. The Bertz CT molecular complexity index is 596. The van der Waals surface area contributed by atoms with Gasteiger partial charge in [-0.25, -0.2) is 0 Å². The molecular formula is C19H27N2O2+. The highest BCUT2D eigenvalue weighted by atomic mass is 16.7. The van der Waals surface area contributed by atoms with Crippen LogP contribution in [0.3, 0.4) is 0 Å². The summed E-state index contributed by atoms with van der Waals surface area (Å²) in [7, 11) is 10.0. The van der Waals surface area contributed by atoms with Crippen LogP contribution < -0.4 is 4.90 Å². The van der Waals surface area contributed by atoms with Crippen molar-refractivity contribution in [2.75, 3.05) is 46.7 Å². The predicted molar refractivity (Wildman–Crippen MR) is 95.1 cm³/mol. The van der Waals surface area contributed by atoms with Crippen molar-refractivity contribution in [1.82, 2.24) is 0 Å². The first-order chi connectivity index (χ1) is 10.9. The molecule has 0 N–H and O–H groups in total. The molecule has 23 heavy (non-hydrogen) atoms. The van der Waals surface area contributed by atoms with E-state index in [1.54, 1.807) is 7.11 Å². The summed E-state index contributed by atoms with van der Waals surface area (Å²) < 4.78 is 11.8. The summed E-state index contributed by atoms with van der Waals surface area (Å²) in [4.78, 5) is 2.09. The van der Waals surface area contributed by atoms with Gasteiger partial charge in [-0.15, -0.1) is 5.73 Å². The van der Waals surface area contributed by atoms with Gasteiger partial charge in [-0.1, -0.05) is 24.3 Å². The molecule has 1 saturated heterocycles. The van der Waals surface area contributed by atoms with Crippen LogP contribution in [0.5, 0.6) is 0 Å². The van der Waals surface area contributed by atoms with Gasteiger partial charge in [0, 0.05) is 33.0 Å². The molecule has 0 radical (unpaired) electrons.